The fourth-order valence-electron chi connectivity index (χ4n) is 2.13. The van der Waals surface area contributed by atoms with Crippen LogP contribution in [-0.2, 0) is 12.8 Å². The van der Waals surface area contributed by atoms with Crippen molar-refractivity contribution >= 4 is 11.0 Å². The smallest absolute Gasteiger partial charge is 0.260 e. The maximum atomic E-state index is 13.6. The van der Waals surface area contributed by atoms with Crippen LogP contribution in [0, 0.1) is 11.6 Å². The zero-order chi connectivity index (χ0) is 14.8. The van der Waals surface area contributed by atoms with Crippen LogP contribution in [0.4, 0.5) is 8.78 Å². The summed E-state index contributed by atoms with van der Waals surface area (Å²) >= 11 is 0. The van der Waals surface area contributed by atoms with Gasteiger partial charge in [0.15, 0.2) is 17.3 Å². The lowest BCUT2D eigenvalue weighted by molar-refractivity contribution is 0.498. The second kappa shape index (κ2) is 5.40. The number of aromatic nitrogens is 3. The molecule has 0 amide bonds. The molecule has 0 saturated heterocycles. The first kappa shape index (κ1) is 13.4. The summed E-state index contributed by atoms with van der Waals surface area (Å²) in [4.78, 5) is 22.7. The highest BCUT2D eigenvalue weighted by molar-refractivity contribution is 5.72. The van der Waals surface area contributed by atoms with Crippen LogP contribution < -0.4 is 5.56 Å². The number of H-pyrrole nitrogens is 1. The van der Waals surface area contributed by atoms with Gasteiger partial charge in [-0.05, 0) is 30.2 Å². The maximum absolute atomic E-state index is 13.6. The minimum absolute atomic E-state index is 0.241. The number of rotatable bonds is 3. The number of pyridine rings is 1. The van der Waals surface area contributed by atoms with E-state index in [1.807, 2.05) is 0 Å². The third-order valence-electron chi connectivity index (χ3n) is 3.19. The van der Waals surface area contributed by atoms with E-state index in [1.54, 1.807) is 18.3 Å². The summed E-state index contributed by atoms with van der Waals surface area (Å²) in [5, 5.41) is 0.401. The van der Waals surface area contributed by atoms with E-state index in [9.17, 15) is 13.6 Å². The monoisotopic (exact) mass is 287 g/mol. The molecule has 0 fully saturated rings. The van der Waals surface area contributed by atoms with Gasteiger partial charge in [0.2, 0.25) is 0 Å². The predicted molar refractivity (Wildman–Crippen MR) is 73.9 cm³/mol. The number of aromatic amines is 1. The first-order valence-corrected chi connectivity index (χ1v) is 6.42. The maximum Gasteiger partial charge on any atom is 0.260 e. The Bertz CT molecular complexity index is 861. The van der Waals surface area contributed by atoms with Gasteiger partial charge in [0.05, 0.1) is 5.39 Å². The van der Waals surface area contributed by atoms with E-state index in [-0.39, 0.29) is 17.5 Å². The molecule has 0 aliphatic carbocycles. The third-order valence-corrected chi connectivity index (χ3v) is 3.19. The fraction of sp³-hybridized carbons (Fsp3) is 0.133. The van der Waals surface area contributed by atoms with E-state index in [0.29, 0.717) is 23.3 Å². The lowest BCUT2D eigenvalue weighted by Crippen LogP contribution is -2.13. The van der Waals surface area contributed by atoms with Crippen LogP contribution in [0.5, 0.6) is 0 Å². The molecule has 0 atom stereocenters. The molecule has 2 heterocycles. The molecule has 0 unspecified atom stereocenters. The molecule has 0 aliphatic heterocycles. The normalized spacial score (nSPS) is 11.0. The molecule has 0 spiro atoms. The number of nitrogens with zero attached hydrogens (tertiary/aromatic N) is 2. The number of benzene rings is 1. The molecule has 0 saturated carbocycles. The molecule has 0 radical (unpaired) electrons. The van der Waals surface area contributed by atoms with Crippen molar-refractivity contribution in [3.8, 4) is 0 Å². The van der Waals surface area contributed by atoms with Gasteiger partial charge in [-0.3, -0.25) is 4.79 Å². The highest BCUT2D eigenvalue weighted by Crippen LogP contribution is 2.13. The van der Waals surface area contributed by atoms with Crippen LogP contribution in [-0.4, -0.2) is 15.0 Å². The quantitative estimate of drug-likeness (QED) is 0.804. The molecule has 21 heavy (non-hydrogen) atoms. The number of halogens is 2. The van der Waals surface area contributed by atoms with Crippen LogP contribution in [0.15, 0.2) is 41.3 Å². The highest BCUT2D eigenvalue weighted by atomic mass is 19.2. The lowest BCUT2D eigenvalue weighted by atomic mass is 10.1. The van der Waals surface area contributed by atoms with Crippen LogP contribution in [0.3, 0.4) is 0 Å². The summed E-state index contributed by atoms with van der Waals surface area (Å²) in [6.45, 7) is 0. The van der Waals surface area contributed by atoms with Crippen LogP contribution >= 0.6 is 0 Å². The summed E-state index contributed by atoms with van der Waals surface area (Å²) in [6.07, 6.45) is 2.08. The molecular formula is C15H11F2N3O. The Labute approximate surface area is 118 Å². The van der Waals surface area contributed by atoms with Crippen LogP contribution in [0.25, 0.3) is 11.0 Å². The van der Waals surface area contributed by atoms with Gasteiger partial charge in [-0.25, -0.2) is 18.7 Å². The Hall–Kier alpha value is -2.63. The molecule has 2 aromatic heterocycles. The Balaban J connectivity index is 1.89. The van der Waals surface area contributed by atoms with Crippen molar-refractivity contribution in [1.82, 2.24) is 15.0 Å². The second-order valence-electron chi connectivity index (χ2n) is 4.60. The molecular weight excluding hydrogens is 276 g/mol. The molecule has 3 aromatic rings. The van der Waals surface area contributed by atoms with Crippen molar-refractivity contribution in [3.05, 3.63) is 69.9 Å². The molecule has 6 heteroatoms. The van der Waals surface area contributed by atoms with E-state index in [2.05, 4.69) is 15.0 Å². The number of aryl methyl sites for hydroxylation is 2. The average Bonchev–Trinajstić information content (AvgIpc) is 2.49. The summed E-state index contributed by atoms with van der Waals surface area (Å²) in [6, 6.07) is 7.31. The van der Waals surface area contributed by atoms with Gasteiger partial charge in [0, 0.05) is 12.6 Å². The van der Waals surface area contributed by atoms with Crippen molar-refractivity contribution in [2.45, 2.75) is 12.8 Å². The minimum Gasteiger partial charge on any atom is -0.310 e. The predicted octanol–water partition coefficient (Wildman–Crippen LogP) is 2.38. The first-order chi connectivity index (χ1) is 10.1. The Morgan fingerprint density at radius 2 is 1.95 bits per heavy atom. The van der Waals surface area contributed by atoms with E-state index < -0.39 is 11.6 Å². The molecule has 1 N–H and O–H groups in total. The lowest BCUT2D eigenvalue weighted by Gasteiger charge is -2.04. The van der Waals surface area contributed by atoms with Crippen LogP contribution in [0.1, 0.15) is 11.4 Å². The number of hydrogen-bond acceptors (Lipinski definition) is 3. The van der Waals surface area contributed by atoms with Crippen molar-refractivity contribution in [2.24, 2.45) is 0 Å². The SMILES string of the molecule is O=c1[nH]c(CCc2cccc(F)c2F)nc2ncccc12. The van der Waals surface area contributed by atoms with Crippen molar-refractivity contribution in [1.29, 1.82) is 0 Å². The fourth-order valence-corrected chi connectivity index (χ4v) is 2.13. The third kappa shape index (κ3) is 2.65. The molecule has 0 aliphatic rings. The van der Waals surface area contributed by atoms with E-state index in [4.69, 9.17) is 0 Å². The summed E-state index contributed by atoms with van der Waals surface area (Å²) in [5.74, 6) is -1.34. The van der Waals surface area contributed by atoms with Crippen molar-refractivity contribution < 1.29 is 8.78 Å². The Kier molecular flexibility index (Phi) is 3.43. The zero-order valence-corrected chi connectivity index (χ0v) is 10.9. The van der Waals surface area contributed by atoms with Crippen LogP contribution in [0.2, 0.25) is 0 Å². The summed E-state index contributed by atoms with van der Waals surface area (Å²) in [5.41, 5.74) is 0.303. The van der Waals surface area contributed by atoms with Crippen molar-refractivity contribution in [2.75, 3.05) is 0 Å². The topological polar surface area (TPSA) is 58.6 Å². The number of nitrogens with one attached hydrogen (secondary N) is 1. The largest absolute Gasteiger partial charge is 0.310 e. The molecule has 3 rings (SSSR count). The van der Waals surface area contributed by atoms with Crippen molar-refractivity contribution in [3.63, 3.8) is 0 Å². The molecule has 1 aromatic carbocycles. The summed E-state index contributed by atoms with van der Waals surface area (Å²) in [7, 11) is 0. The zero-order valence-electron chi connectivity index (χ0n) is 10.9. The van der Waals surface area contributed by atoms with E-state index >= 15 is 0 Å². The number of hydrogen-bond donors (Lipinski definition) is 1. The molecule has 106 valence electrons. The molecule has 0 bridgehead atoms. The molecule has 4 nitrogen and oxygen atoms in total. The Morgan fingerprint density at radius 3 is 2.81 bits per heavy atom. The van der Waals surface area contributed by atoms with E-state index in [0.717, 1.165) is 6.07 Å². The van der Waals surface area contributed by atoms with Gasteiger partial charge >= 0.3 is 0 Å². The minimum atomic E-state index is -0.880. The van der Waals surface area contributed by atoms with Gasteiger partial charge in [0.25, 0.3) is 5.56 Å². The second-order valence-corrected chi connectivity index (χ2v) is 4.60. The van der Waals surface area contributed by atoms with Gasteiger partial charge < -0.3 is 4.98 Å². The van der Waals surface area contributed by atoms with Gasteiger partial charge in [0.1, 0.15) is 5.82 Å². The average molecular weight is 287 g/mol. The highest BCUT2D eigenvalue weighted by Gasteiger charge is 2.09. The van der Waals surface area contributed by atoms with Gasteiger partial charge in [-0.1, -0.05) is 12.1 Å². The van der Waals surface area contributed by atoms with Gasteiger partial charge in [-0.15, -0.1) is 0 Å². The van der Waals surface area contributed by atoms with Gasteiger partial charge in [-0.2, -0.15) is 0 Å². The Morgan fingerprint density at radius 1 is 1.10 bits per heavy atom. The first-order valence-electron chi connectivity index (χ1n) is 6.42. The number of fused-ring (bicyclic) bond motifs is 1. The standard InChI is InChI=1S/C15H11F2N3O/c16-11-5-1-3-9(13(11)17)6-7-12-19-14-10(15(21)20-12)4-2-8-18-14/h1-5,8H,6-7H2,(H,18,19,20,21). The van der Waals surface area contributed by atoms with E-state index in [1.165, 1.54) is 12.1 Å². The summed E-state index contributed by atoms with van der Waals surface area (Å²) < 4.78 is 26.7.